The first kappa shape index (κ1) is 25.7. The van der Waals surface area contributed by atoms with Gasteiger partial charge in [0.15, 0.2) is 12.4 Å². The fourth-order valence-corrected chi connectivity index (χ4v) is 5.96. The molecule has 2 N–H and O–H groups in total. The normalized spacial score (nSPS) is 19.0. The lowest BCUT2D eigenvalue weighted by atomic mass is 10.00. The molecule has 0 radical (unpaired) electrons. The van der Waals surface area contributed by atoms with Crippen LogP contribution < -0.4 is 10.1 Å². The first-order chi connectivity index (χ1) is 17.0. The number of hydrogen-bond acceptors (Lipinski definition) is 8. The molecule has 2 aromatic rings. The number of hydrogen-bond donors (Lipinski definition) is 2. The maximum absolute atomic E-state index is 13.1. The molecule has 0 saturated carbocycles. The van der Waals surface area contributed by atoms with Crippen LogP contribution in [0, 0.1) is 0 Å². The first-order valence-electron chi connectivity index (χ1n) is 11.9. The maximum Gasteiger partial charge on any atom is 0.246 e. The SMILES string of the molecule is O=CC(CNCC(O)CN1CCc2ccccc2C1)Oc1ccccc1S(=O)(=O)N1CCOCC1. The number of rotatable bonds is 11. The van der Waals surface area contributed by atoms with Gasteiger partial charge in [-0.2, -0.15) is 4.31 Å². The molecule has 0 aliphatic carbocycles. The first-order valence-corrected chi connectivity index (χ1v) is 13.4. The number of aliphatic hydroxyl groups excluding tert-OH is 1. The highest BCUT2D eigenvalue weighted by Crippen LogP contribution is 2.27. The molecule has 35 heavy (non-hydrogen) atoms. The van der Waals surface area contributed by atoms with Crippen LogP contribution in [0.4, 0.5) is 0 Å². The van der Waals surface area contributed by atoms with Crippen LogP contribution >= 0.6 is 0 Å². The second-order valence-corrected chi connectivity index (χ2v) is 10.7. The van der Waals surface area contributed by atoms with E-state index in [-0.39, 0.29) is 30.3 Å². The summed E-state index contributed by atoms with van der Waals surface area (Å²) in [6.07, 6.45) is 0.0927. The minimum absolute atomic E-state index is 0.0270. The summed E-state index contributed by atoms with van der Waals surface area (Å²) in [6.45, 7) is 3.89. The molecule has 0 amide bonds. The van der Waals surface area contributed by atoms with Crippen molar-refractivity contribution < 1.29 is 27.8 Å². The number of ether oxygens (including phenoxy) is 2. The molecule has 4 rings (SSSR count). The third-order valence-electron chi connectivity index (χ3n) is 6.27. The van der Waals surface area contributed by atoms with E-state index in [2.05, 4.69) is 28.4 Å². The Bertz CT molecular complexity index is 1090. The molecule has 0 bridgehead atoms. The molecule has 2 heterocycles. The average molecular weight is 504 g/mol. The van der Waals surface area contributed by atoms with E-state index in [0.717, 1.165) is 19.5 Å². The van der Waals surface area contributed by atoms with Gasteiger partial charge in [0.05, 0.1) is 19.3 Å². The predicted molar refractivity (Wildman–Crippen MR) is 131 cm³/mol. The van der Waals surface area contributed by atoms with Gasteiger partial charge in [-0.25, -0.2) is 8.42 Å². The summed E-state index contributed by atoms with van der Waals surface area (Å²) in [5, 5.41) is 13.6. The Morgan fingerprint density at radius 3 is 2.51 bits per heavy atom. The van der Waals surface area contributed by atoms with Crippen LogP contribution in [0.3, 0.4) is 0 Å². The molecule has 0 spiro atoms. The number of sulfonamides is 1. The summed E-state index contributed by atoms with van der Waals surface area (Å²) in [4.78, 5) is 13.9. The third-order valence-corrected chi connectivity index (χ3v) is 8.21. The van der Waals surface area contributed by atoms with E-state index in [1.165, 1.54) is 21.5 Å². The summed E-state index contributed by atoms with van der Waals surface area (Å²) < 4.78 is 38.6. The number of β-amino-alcohol motifs (C(OH)–C–C–N with tert-alkyl or cyclic N) is 1. The Balaban J connectivity index is 1.29. The Hall–Kier alpha value is -2.34. The van der Waals surface area contributed by atoms with Gasteiger partial charge in [0.25, 0.3) is 0 Å². The predicted octanol–water partition coefficient (Wildman–Crippen LogP) is 0.663. The second kappa shape index (κ2) is 12.1. The lowest BCUT2D eigenvalue weighted by Crippen LogP contribution is -2.43. The maximum atomic E-state index is 13.1. The molecular formula is C25H33N3O6S. The number of para-hydroxylation sites is 1. The van der Waals surface area contributed by atoms with Gasteiger partial charge < -0.3 is 19.9 Å². The molecule has 190 valence electrons. The van der Waals surface area contributed by atoms with Gasteiger partial charge in [0, 0.05) is 45.8 Å². The number of aldehydes is 1. The smallest absolute Gasteiger partial charge is 0.246 e. The lowest BCUT2D eigenvalue weighted by molar-refractivity contribution is -0.113. The zero-order chi connectivity index (χ0) is 24.7. The van der Waals surface area contributed by atoms with Gasteiger partial charge in [-0.1, -0.05) is 36.4 Å². The van der Waals surface area contributed by atoms with Crippen molar-refractivity contribution in [3.8, 4) is 5.75 Å². The number of benzene rings is 2. The monoisotopic (exact) mass is 503 g/mol. The van der Waals surface area contributed by atoms with Gasteiger partial charge in [-0.3, -0.25) is 9.69 Å². The Morgan fingerprint density at radius 1 is 1.03 bits per heavy atom. The van der Waals surface area contributed by atoms with E-state index >= 15 is 0 Å². The highest BCUT2D eigenvalue weighted by Gasteiger charge is 2.30. The number of nitrogens with zero attached hydrogens (tertiary/aromatic N) is 2. The van der Waals surface area contributed by atoms with E-state index in [0.29, 0.717) is 32.6 Å². The molecular weight excluding hydrogens is 470 g/mol. The fourth-order valence-electron chi connectivity index (χ4n) is 4.43. The van der Waals surface area contributed by atoms with Crippen LogP contribution in [-0.4, -0.2) is 93.7 Å². The van der Waals surface area contributed by atoms with Gasteiger partial charge in [0.2, 0.25) is 10.0 Å². The van der Waals surface area contributed by atoms with Gasteiger partial charge in [0.1, 0.15) is 10.6 Å². The fraction of sp³-hybridized carbons (Fsp3) is 0.480. The van der Waals surface area contributed by atoms with Crippen LogP contribution in [0.5, 0.6) is 5.75 Å². The number of nitrogens with one attached hydrogen (secondary N) is 1. The van der Waals surface area contributed by atoms with Crippen molar-refractivity contribution in [3.63, 3.8) is 0 Å². The van der Waals surface area contributed by atoms with E-state index in [1.807, 2.05) is 6.07 Å². The quantitative estimate of drug-likeness (QED) is 0.431. The highest BCUT2D eigenvalue weighted by molar-refractivity contribution is 7.89. The molecule has 2 aromatic carbocycles. The molecule has 1 saturated heterocycles. The largest absolute Gasteiger partial charge is 0.480 e. The molecule has 2 atom stereocenters. The number of morpholine rings is 1. The summed E-state index contributed by atoms with van der Waals surface area (Å²) in [6, 6.07) is 14.7. The number of carbonyl (C=O) groups excluding carboxylic acids is 1. The van der Waals surface area contributed by atoms with Gasteiger partial charge >= 0.3 is 0 Å². The lowest BCUT2D eigenvalue weighted by Gasteiger charge is -2.30. The van der Waals surface area contributed by atoms with Gasteiger partial charge in [-0.15, -0.1) is 0 Å². The Kier molecular flexibility index (Phi) is 8.88. The zero-order valence-corrected chi connectivity index (χ0v) is 20.5. The van der Waals surface area contributed by atoms with Crippen LogP contribution in [-0.2, 0) is 32.5 Å². The molecule has 1 fully saturated rings. The van der Waals surface area contributed by atoms with Crippen LogP contribution in [0.1, 0.15) is 11.1 Å². The van der Waals surface area contributed by atoms with Crippen LogP contribution in [0.2, 0.25) is 0 Å². The molecule has 10 heteroatoms. The standard InChI is InChI=1S/C25H33N3O6S/c29-19-23(16-26-15-22(30)18-27-10-9-20-5-1-2-6-21(20)17-27)34-24-7-3-4-8-25(24)35(31,32)28-11-13-33-14-12-28/h1-8,19,22-23,26,30H,9-18H2. The molecule has 0 aromatic heterocycles. The average Bonchev–Trinajstić information content (AvgIpc) is 2.88. The van der Waals surface area contributed by atoms with E-state index in [4.69, 9.17) is 9.47 Å². The van der Waals surface area contributed by atoms with Crippen molar-refractivity contribution >= 4 is 16.3 Å². The summed E-state index contributed by atoms with van der Waals surface area (Å²) in [5.41, 5.74) is 2.65. The summed E-state index contributed by atoms with van der Waals surface area (Å²) in [5.74, 6) is 0.130. The zero-order valence-electron chi connectivity index (χ0n) is 19.7. The van der Waals surface area contributed by atoms with Crippen LogP contribution in [0.15, 0.2) is 53.4 Å². The minimum atomic E-state index is -3.77. The minimum Gasteiger partial charge on any atom is -0.480 e. The van der Waals surface area contributed by atoms with Crippen molar-refractivity contribution in [2.75, 3.05) is 52.5 Å². The molecule has 9 nitrogen and oxygen atoms in total. The molecule has 2 unspecified atom stereocenters. The van der Waals surface area contributed by atoms with Crippen LogP contribution in [0.25, 0.3) is 0 Å². The van der Waals surface area contributed by atoms with Crippen molar-refractivity contribution in [1.82, 2.24) is 14.5 Å². The molecule has 2 aliphatic heterocycles. The van der Waals surface area contributed by atoms with Crippen molar-refractivity contribution in [2.45, 2.75) is 30.1 Å². The van der Waals surface area contributed by atoms with E-state index < -0.39 is 22.2 Å². The van der Waals surface area contributed by atoms with Crippen molar-refractivity contribution in [1.29, 1.82) is 0 Å². The van der Waals surface area contributed by atoms with Crippen molar-refractivity contribution in [2.24, 2.45) is 0 Å². The van der Waals surface area contributed by atoms with E-state index in [9.17, 15) is 18.3 Å². The van der Waals surface area contributed by atoms with Gasteiger partial charge in [-0.05, 0) is 29.7 Å². The number of aliphatic hydroxyl groups is 1. The highest BCUT2D eigenvalue weighted by atomic mass is 32.2. The number of carbonyl (C=O) groups is 1. The van der Waals surface area contributed by atoms with Crippen molar-refractivity contribution in [3.05, 3.63) is 59.7 Å². The summed E-state index contributed by atoms with van der Waals surface area (Å²) >= 11 is 0. The third kappa shape index (κ3) is 6.66. The second-order valence-electron chi connectivity index (χ2n) is 8.82. The topological polar surface area (TPSA) is 108 Å². The Labute approximate surface area is 206 Å². The Morgan fingerprint density at radius 2 is 1.74 bits per heavy atom. The van der Waals surface area contributed by atoms with E-state index in [1.54, 1.807) is 18.2 Å². The summed E-state index contributed by atoms with van der Waals surface area (Å²) in [7, 11) is -3.77. The number of fused-ring (bicyclic) bond motifs is 1. The molecule has 2 aliphatic rings.